The molecule has 4 rings (SSSR count). The van der Waals surface area contributed by atoms with E-state index >= 15 is 0 Å². The average molecular weight is 400 g/mol. The summed E-state index contributed by atoms with van der Waals surface area (Å²) in [5.74, 6) is -0.309. The molecule has 2 heterocycles. The van der Waals surface area contributed by atoms with Crippen molar-refractivity contribution in [2.45, 2.75) is 13.8 Å². The van der Waals surface area contributed by atoms with E-state index in [2.05, 4.69) is 20.3 Å². The second kappa shape index (κ2) is 8.16. The summed E-state index contributed by atoms with van der Waals surface area (Å²) in [5, 5.41) is 2.74. The molecule has 7 heteroatoms. The number of amides is 1. The van der Waals surface area contributed by atoms with E-state index in [4.69, 9.17) is 4.74 Å². The first-order valence-electron chi connectivity index (χ1n) is 9.43. The van der Waals surface area contributed by atoms with Crippen molar-refractivity contribution in [3.63, 3.8) is 0 Å². The van der Waals surface area contributed by atoms with Crippen LogP contribution in [0.25, 0.3) is 22.4 Å². The van der Waals surface area contributed by atoms with Crippen LogP contribution >= 0.6 is 0 Å². The molecular formula is C23H20N4O3. The number of carbonyl (C=O) groups is 2. The Morgan fingerprint density at radius 2 is 1.87 bits per heavy atom. The SMILES string of the molecule is Cc1cc(C)cc(NC(=O)COC(=O)c2ccc3nc(-c4cccnc4)[nH]c3c2)c1. The molecule has 0 radical (unpaired) electrons. The van der Waals surface area contributed by atoms with E-state index in [1.54, 1.807) is 30.6 Å². The number of aryl methyl sites for hydroxylation is 2. The average Bonchev–Trinajstić information content (AvgIpc) is 3.15. The molecule has 0 fully saturated rings. The lowest BCUT2D eigenvalue weighted by Gasteiger charge is -2.08. The third-order valence-corrected chi connectivity index (χ3v) is 4.49. The first kappa shape index (κ1) is 19.3. The van der Waals surface area contributed by atoms with Gasteiger partial charge in [-0.1, -0.05) is 6.07 Å². The van der Waals surface area contributed by atoms with Crippen LogP contribution in [0.2, 0.25) is 0 Å². The monoisotopic (exact) mass is 400 g/mol. The van der Waals surface area contributed by atoms with Crippen LogP contribution in [0.3, 0.4) is 0 Å². The second-order valence-corrected chi connectivity index (χ2v) is 7.06. The number of imidazole rings is 1. The molecule has 4 aromatic rings. The highest BCUT2D eigenvalue weighted by Gasteiger charge is 2.13. The molecule has 0 aliphatic rings. The van der Waals surface area contributed by atoms with Gasteiger partial charge in [0, 0.05) is 23.6 Å². The van der Waals surface area contributed by atoms with Gasteiger partial charge in [-0.25, -0.2) is 9.78 Å². The number of hydrogen-bond acceptors (Lipinski definition) is 5. The molecule has 0 bridgehead atoms. The fourth-order valence-electron chi connectivity index (χ4n) is 3.23. The van der Waals surface area contributed by atoms with Crippen molar-refractivity contribution in [3.8, 4) is 11.4 Å². The van der Waals surface area contributed by atoms with Crippen molar-refractivity contribution in [1.29, 1.82) is 0 Å². The van der Waals surface area contributed by atoms with Crippen molar-refractivity contribution in [2.24, 2.45) is 0 Å². The highest BCUT2D eigenvalue weighted by Crippen LogP contribution is 2.21. The van der Waals surface area contributed by atoms with Crippen molar-refractivity contribution in [1.82, 2.24) is 15.0 Å². The maximum absolute atomic E-state index is 12.4. The zero-order valence-corrected chi connectivity index (χ0v) is 16.6. The van der Waals surface area contributed by atoms with Gasteiger partial charge in [0.05, 0.1) is 16.6 Å². The lowest BCUT2D eigenvalue weighted by atomic mass is 10.1. The molecule has 150 valence electrons. The summed E-state index contributed by atoms with van der Waals surface area (Å²) in [5.41, 5.74) is 5.36. The highest BCUT2D eigenvalue weighted by molar-refractivity contribution is 5.97. The smallest absolute Gasteiger partial charge is 0.338 e. The van der Waals surface area contributed by atoms with Gasteiger partial charge in [-0.3, -0.25) is 9.78 Å². The van der Waals surface area contributed by atoms with Gasteiger partial charge in [0.25, 0.3) is 5.91 Å². The van der Waals surface area contributed by atoms with E-state index in [1.807, 2.05) is 44.2 Å². The topological polar surface area (TPSA) is 97.0 Å². The van der Waals surface area contributed by atoms with Gasteiger partial charge >= 0.3 is 5.97 Å². The quantitative estimate of drug-likeness (QED) is 0.493. The van der Waals surface area contributed by atoms with Crippen molar-refractivity contribution < 1.29 is 14.3 Å². The number of carbonyl (C=O) groups excluding carboxylic acids is 2. The Kier molecular flexibility index (Phi) is 5.26. The predicted molar refractivity (Wildman–Crippen MR) is 114 cm³/mol. The van der Waals surface area contributed by atoms with E-state index in [-0.39, 0.29) is 6.61 Å². The number of pyridine rings is 1. The third-order valence-electron chi connectivity index (χ3n) is 4.49. The van der Waals surface area contributed by atoms with Gasteiger partial charge in [-0.15, -0.1) is 0 Å². The number of nitrogens with zero attached hydrogens (tertiary/aromatic N) is 2. The molecule has 2 aromatic heterocycles. The lowest BCUT2D eigenvalue weighted by Crippen LogP contribution is -2.21. The Bertz CT molecular complexity index is 1210. The molecule has 0 atom stereocenters. The predicted octanol–water partition coefficient (Wildman–Crippen LogP) is 4.04. The van der Waals surface area contributed by atoms with Gasteiger partial charge in [-0.2, -0.15) is 0 Å². The van der Waals surface area contributed by atoms with Crippen LogP contribution in [-0.2, 0) is 9.53 Å². The number of esters is 1. The van der Waals surface area contributed by atoms with Crippen LogP contribution in [0.15, 0.2) is 60.9 Å². The minimum Gasteiger partial charge on any atom is -0.452 e. The fraction of sp³-hybridized carbons (Fsp3) is 0.130. The van der Waals surface area contributed by atoms with Gasteiger partial charge in [0.15, 0.2) is 6.61 Å². The maximum atomic E-state index is 12.4. The number of aromatic nitrogens is 3. The lowest BCUT2D eigenvalue weighted by molar-refractivity contribution is -0.119. The van der Waals surface area contributed by atoms with Gasteiger partial charge in [-0.05, 0) is 67.4 Å². The number of fused-ring (bicyclic) bond motifs is 1. The molecule has 2 aromatic carbocycles. The minimum atomic E-state index is -0.579. The number of benzene rings is 2. The summed E-state index contributed by atoms with van der Waals surface area (Å²) in [6.45, 7) is 3.54. The largest absolute Gasteiger partial charge is 0.452 e. The van der Waals surface area contributed by atoms with E-state index in [9.17, 15) is 9.59 Å². The van der Waals surface area contributed by atoms with Crippen LogP contribution in [-0.4, -0.2) is 33.4 Å². The first-order valence-corrected chi connectivity index (χ1v) is 9.43. The van der Waals surface area contributed by atoms with Crippen molar-refractivity contribution in [3.05, 3.63) is 77.6 Å². The number of H-pyrrole nitrogens is 1. The minimum absolute atomic E-state index is 0.336. The number of hydrogen-bond donors (Lipinski definition) is 2. The summed E-state index contributed by atoms with van der Waals surface area (Å²) < 4.78 is 5.17. The van der Waals surface area contributed by atoms with Crippen molar-refractivity contribution in [2.75, 3.05) is 11.9 Å². The van der Waals surface area contributed by atoms with Crippen LogP contribution in [0.4, 0.5) is 5.69 Å². The zero-order chi connectivity index (χ0) is 21.1. The van der Waals surface area contributed by atoms with Gasteiger partial charge < -0.3 is 15.0 Å². The summed E-state index contributed by atoms with van der Waals surface area (Å²) in [7, 11) is 0. The number of ether oxygens (including phenoxy) is 1. The van der Waals surface area contributed by atoms with Crippen LogP contribution < -0.4 is 5.32 Å². The fourth-order valence-corrected chi connectivity index (χ4v) is 3.23. The van der Waals surface area contributed by atoms with Crippen molar-refractivity contribution >= 4 is 28.6 Å². The van der Waals surface area contributed by atoms with E-state index in [0.717, 1.165) is 22.2 Å². The number of aromatic amines is 1. The van der Waals surface area contributed by atoms with Gasteiger partial charge in [0.2, 0.25) is 0 Å². The van der Waals surface area contributed by atoms with Crippen LogP contribution in [0.5, 0.6) is 0 Å². The second-order valence-electron chi connectivity index (χ2n) is 7.06. The Morgan fingerprint density at radius 1 is 1.07 bits per heavy atom. The third kappa shape index (κ3) is 4.35. The summed E-state index contributed by atoms with van der Waals surface area (Å²) in [6.07, 6.45) is 3.40. The Morgan fingerprint density at radius 3 is 2.60 bits per heavy atom. The molecule has 0 unspecified atom stereocenters. The molecule has 0 spiro atoms. The Balaban J connectivity index is 1.42. The number of anilines is 1. The van der Waals surface area contributed by atoms with Gasteiger partial charge in [0.1, 0.15) is 5.82 Å². The maximum Gasteiger partial charge on any atom is 0.338 e. The van der Waals surface area contributed by atoms with E-state index < -0.39 is 11.9 Å². The summed E-state index contributed by atoms with van der Waals surface area (Å²) in [6, 6.07) is 14.5. The molecule has 2 N–H and O–H groups in total. The summed E-state index contributed by atoms with van der Waals surface area (Å²) >= 11 is 0. The molecule has 7 nitrogen and oxygen atoms in total. The first-order chi connectivity index (χ1) is 14.5. The van der Waals surface area contributed by atoms with E-state index in [0.29, 0.717) is 22.6 Å². The highest BCUT2D eigenvalue weighted by atomic mass is 16.5. The molecular weight excluding hydrogens is 380 g/mol. The summed E-state index contributed by atoms with van der Waals surface area (Å²) in [4.78, 5) is 36.3. The number of rotatable bonds is 5. The Labute approximate surface area is 173 Å². The Hall–Kier alpha value is -4.00. The molecule has 0 aliphatic heterocycles. The molecule has 0 aliphatic carbocycles. The van der Waals surface area contributed by atoms with Crippen LogP contribution in [0, 0.1) is 13.8 Å². The zero-order valence-electron chi connectivity index (χ0n) is 16.6. The van der Waals surface area contributed by atoms with Crippen LogP contribution in [0.1, 0.15) is 21.5 Å². The molecule has 30 heavy (non-hydrogen) atoms. The van der Waals surface area contributed by atoms with E-state index in [1.165, 1.54) is 0 Å². The normalized spacial score (nSPS) is 10.7. The molecule has 1 amide bonds. The molecule has 0 saturated heterocycles. The molecule has 0 saturated carbocycles. The standard InChI is InChI=1S/C23H20N4O3/c1-14-8-15(2)10-18(9-14)25-21(28)13-30-23(29)16-5-6-19-20(11-16)27-22(26-19)17-4-3-7-24-12-17/h3-12H,13H2,1-2H3,(H,25,28)(H,26,27). The number of nitrogens with one attached hydrogen (secondary N) is 2.